The standard InChI is InChI=1S/C24H33N5O5/c1-14(2)12-28-21-15(5-8-18(30)27-10-9-16(13-27)24(3,4)34)11-25-29(21)23(33)19(22(28)32)20(31)26-17-6-7-17/h5,8,11,14,16-17,33-34H,6-7,9-10,12-13H2,1-4H3,(H,26,31)/b8-5+/t16-/m1/s1. The molecular formula is C24H33N5O5. The Hall–Kier alpha value is -3.14. The van der Waals surface area contributed by atoms with Gasteiger partial charge in [0, 0.05) is 43.2 Å². The Morgan fingerprint density at radius 1 is 1.29 bits per heavy atom. The Morgan fingerprint density at radius 3 is 2.59 bits per heavy atom. The minimum atomic E-state index is -0.852. The number of nitrogens with zero attached hydrogens (tertiary/aromatic N) is 4. The van der Waals surface area contributed by atoms with E-state index in [2.05, 4.69) is 10.4 Å². The highest BCUT2D eigenvalue weighted by Crippen LogP contribution is 2.28. The van der Waals surface area contributed by atoms with Gasteiger partial charge in [-0.05, 0) is 45.1 Å². The van der Waals surface area contributed by atoms with Crippen LogP contribution in [0.15, 0.2) is 17.1 Å². The van der Waals surface area contributed by atoms with Crippen molar-refractivity contribution in [2.24, 2.45) is 11.8 Å². The van der Waals surface area contributed by atoms with Gasteiger partial charge in [0.1, 0.15) is 5.65 Å². The van der Waals surface area contributed by atoms with Crippen LogP contribution in [0, 0.1) is 11.8 Å². The van der Waals surface area contributed by atoms with Crippen molar-refractivity contribution in [1.82, 2.24) is 24.4 Å². The molecule has 2 fully saturated rings. The smallest absolute Gasteiger partial charge is 0.270 e. The number of carbonyl (C=O) groups excluding carboxylic acids is 2. The van der Waals surface area contributed by atoms with Gasteiger partial charge in [0.05, 0.1) is 11.8 Å². The number of amides is 2. The molecule has 2 aromatic heterocycles. The van der Waals surface area contributed by atoms with Crippen LogP contribution in [-0.4, -0.2) is 65.8 Å². The molecule has 184 valence electrons. The summed E-state index contributed by atoms with van der Waals surface area (Å²) in [7, 11) is 0. The second-order valence-corrected chi connectivity index (χ2v) is 10.3. The van der Waals surface area contributed by atoms with Crippen molar-refractivity contribution in [3.05, 3.63) is 33.8 Å². The van der Waals surface area contributed by atoms with Gasteiger partial charge in [-0.15, -0.1) is 0 Å². The molecule has 3 N–H and O–H groups in total. The molecule has 2 aliphatic rings. The number of carbonyl (C=O) groups is 2. The Kier molecular flexibility index (Phi) is 6.28. The first kappa shape index (κ1) is 24.0. The largest absolute Gasteiger partial charge is 0.492 e. The molecule has 10 nitrogen and oxygen atoms in total. The fraction of sp³-hybridized carbons (Fsp3) is 0.583. The second-order valence-electron chi connectivity index (χ2n) is 10.3. The van der Waals surface area contributed by atoms with Crippen LogP contribution >= 0.6 is 0 Å². The lowest BCUT2D eigenvalue weighted by Gasteiger charge is -2.25. The van der Waals surface area contributed by atoms with Gasteiger partial charge in [-0.3, -0.25) is 19.0 Å². The SMILES string of the molecule is CC(C)Cn1c(=O)c(C(=O)NC2CC2)c(O)n2ncc(/C=C/C(=O)N3CC[C@@H](C(C)(C)O)C3)c12. The molecule has 10 heteroatoms. The van der Waals surface area contributed by atoms with Crippen LogP contribution in [-0.2, 0) is 11.3 Å². The van der Waals surface area contributed by atoms with Crippen molar-refractivity contribution in [1.29, 1.82) is 0 Å². The molecule has 0 bridgehead atoms. The number of hydrogen-bond acceptors (Lipinski definition) is 6. The van der Waals surface area contributed by atoms with Crippen LogP contribution in [0.4, 0.5) is 0 Å². The average Bonchev–Trinajstić information content (AvgIpc) is 3.25. The van der Waals surface area contributed by atoms with E-state index in [1.54, 1.807) is 24.8 Å². The molecule has 2 aromatic rings. The molecule has 0 radical (unpaired) electrons. The Bertz CT molecular complexity index is 1200. The van der Waals surface area contributed by atoms with Crippen molar-refractivity contribution in [2.75, 3.05) is 13.1 Å². The molecular weight excluding hydrogens is 438 g/mol. The lowest BCUT2D eigenvalue weighted by molar-refractivity contribution is -0.125. The van der Waals surface area contributed by atoms with Crippen molar-refractivity contribution < 1.29 is 19.8 Å². The van der Waals surface area contributed by atoms with Gasteiger partial charge >= 0.3 is 0 Å². The fourth-order valence-corrected chi connectivity index (χ4v) is 4.35. The maximum Gasteiger partial charge on any atom is 0.270 e. The quantitative estimate of drug-likeness (QED) is 0.523. The van der Waals surface area contributed by atoms with Crippen molar-refractivity contribution >= 4 is 23.5 Å². The number of aliphatic hydroxyl groups is 1. The normalized spacial score (nSPS) is 19.0. The van der Waals surface area contributed by atoms with Gasteiger partial charge in [0.15, 0.2) is 5.56 Å². The minimum absolute atomic E-state index is 0.00945. The molecule has 34 heavy (non-hydrogen) atoms. The molecule has 0 spiro atoms. The lowest BCUT2D eigenvalue weighted by Crippen LogP contribution is -2.36. The van der Waals surface area contributed by atoms with Crippen LogP contribution in [0.5, 0.6) is 5.88 Å². The highest BCUT2D eigenvalue weighted by Gasteiger charge is 2.35. The van der Waals surface area contributed by atoms with E-state index in [1.165, 1.54) is 21.4 Å². The molecule has 4 rings (SSSR count). The van der Waals surface area contributed by atoms with E-state index in [0.717, 1.165) is 19.3 Å². The molecule has 3 heterocycles. The molecule has 1 aliphatic carbocycles. The third-order valence-corrected chi connectivity index (χ3v) is 6.50. The number of aromatic nitrogens is 3. The summed E-state index contributed by atoms with van der Waals surface area (Å²) in [6.07, 6.45) is 6.88. The second kappa shape index (κ2) is 8.90. The number of aromatic hydroxyl groups is 1. The van der Waals surface area contributed by atoms with Crippen molar-refractivity contribution in [2.45, 2.75) is 65.1 Å². The summed E-state index contributed by atoms with van der Waals surface area (Å²) in [6.45, 7) is 8.74. The van der Waals surface area contributed by atoms with E-state index >= 15 is 0 Å². The molecule has 1 saturated carbocycles. The van der Waals surface area contributed by atoms with Crippen LogP contribution in [0.1, 0.15) is 62.9 Å². The maximum absolute atomic E-state index is 13.3. The van der Waals surface area contributed by atoms with Gasteiger partial charge in [-0.1, -0.05) is 13.8 Å². The van der Waals surface area contributed by atoms with Gasteiger partial charge in [0.25, 0.3) is 11.5 Å². The summed E-state index contributed by atoms with van der Waals surface area (Å²) < 4.78 is 2.61. The van der Waals surface area contributed by atoms with Gasteiger partial charge < -0.3 is 20.4 Å². The summed E-state index contributed by atoms with van der Waals surface area (Å²) in [6, 6.07) is 0.0317. The highest BCUT2D eigenvalue weighted by molar-refractivity contribution is 5.97. The Morgan fingerprint density at radius 2 is 2.00 bits per heavy atom. The monoisotopic (exact) mass is 471 g/mol. The van der Waals surface area contributed by atoms with Crippen LogP contribution in [0.25, 0.3) is 11.7 Å². The Labute approximate surface area is 197 Å². The van der Waals surface area contributed by atoms with E-state index in [0.29, 0.717) is 30.8 Å². The predicted octanol–water partition coefficient (Wildman–Crippen LogP) is 1.38. The fourth-order valence-electron chi connectivity index (χ4n) is 4.35. The number of nitrogens with one attached hydrogen (secondary N) is 1. The van der Waals surface area contributed by atoms with Crippen LogP contribution in [0.2, 0.25) is 0 Å². The number of likely N-dealkylation sites (tertiary alicyclic amines) is 1. The zero-order valence-corrected chi connectivity index (χ0v) is 20.1. The molecule has 0 aromatic carbocycles. The van der Waals surface area contributed by atoms with E-state index in [9.17, 15) is 24.6 Å². The van der Waals surface area contributed by atoms with Crippen LogP contribution < -0.4 is 10.9 Å². The van der Waals surface area contributed by atoms with E-state index < -0.39 is 22.9 Å². The molecule has 0 unspecified atom stereocenters. The molecule has 1 atom stereocenters. The minimum Gasteiger partial charge on any atom is -0.492 e. The van der Waals surface area contributed by atoms with E-state index in [-0.39, 0.29) is 29.3 Å². The zero-order chi connectivity index (χ0) is 24.8. The molecule has 1 aliphatic heterocycles. The summed E-state index contributed by atoms with van der Waals surface area (Å²) in [5.41, 5.74) is -0.974. The Balaban J connectivity index is 1.68. The third kappa shape index (κ3) is 4.72. The first-order chi connectivity index (χ1) is 16.0. The third-order valence-electron chi connectivity index (χ3n) is 6.50. The predicted molar refractivity (Wildman–Crippen MR) is 126 cm³/mol. The number of rotatable bonds is 7. The topological polar surface area (TPSA) is 129 Å². The summed E-state index contributed by atoms with van der Waals surface area (Å²) in [4.78, 5) is 40.4. The summed E-state index contributed by atoms with van der Waals surface area (Å²) >= 11 is 0. The first-order valence-corrected chi connectivity index (χ1v) is 11.8. The van der Waals surface area contributed by atoms with E-state index in [4.69, 9.17) is 0 Å². The summed E-state index contributed by atoms with van der Waals surface area (Å²) in [5, 5.41) is 28.0. The van der Waals surface area contributed by atoms with Crippen molar-refractivity contribution in [3.8, 4) is 5.88 Å². The van der Waals surface area contributed by atoms with Gasteiger partial charge in [0.2, 0.25) is 11.8 Å². The lowest BCUT2D eigenvalue weighted by atomic mass is 9.90. The van der Waals surface area contributed by atoms with Crippen molar-refractivity contribution in [3.63, 3.8) is 0 Å². The number of hydrogen-bond donors (Lipinski definition) is 3. The average molecular weight is 472 g/mol. The zero-order valence-electron chi connectivity index (χ0n) is 20.1. The number of fused-ring (bicyclic) bond motifs is 1. The van der Waals surface area contributed by atoms with Gasteiger partial charge in [-0.25, -0.2) is 0 Å². The van der Waals surface area contributed by atoms with Crippen LogP contribution in [0.3, 0.4) is 0 Å². The molecule has 2 amide bonds. The van der Waals surface area contributed by atoms with E-state index in [1.807, 2.05) is 13.8 Å². The maximum atomic E-state index is 13.3. The van der Waals surface area contributed by atoms with Gasteiger partial charge in [-0.2, -0.15) is 9.61 Å². The first-order valence-electron chi connectivity index (χ1n) is 11.8. The highest BCUT2D eigenvalue weighted by atomic mass is 16.3. The molecule has 1 saturated heterocycles. The summed E-state index contributed by atoms with van der Waals surface area (Å²) in [5.74, 6) is -1.23.